The summed E-state index contributed by atoms with van der Waals surface area (Å²) in [5.74, 6) is -0.515. The van der Waals surface area contributed by atoms with Crippen LogP contribution in [0.5, 0.6) is 0 Å². The smallest absolute Gasteiger partial charge is 0.255 e. The van der Waals surface area contributed by atoms with Crippen LogP contribution in [0.3, 0.4) is 0 Å². The third kappa shape index (κ3) is 4.36. The van der Waals surface area contributed by atoms with Crippen LogP contribution in [0.1, 0.15) is 31.8 Å². The first-order chi connectivity index (χ1) is 14.6. The van der Waals surface area contributed by atoms with E-state index < -0.39 is 0 Å². The molecule has 2 N–H and O–H groups in total. The molecule has 0 saturated heterocycles. The third-order valence-electron chi connectivity index (χ3n) is 4.84. The van der Waals surface area contributed by atoms with E-state index in [9.17, 15) is 9.59 Å². The van der Waals surface area contributed by atoms with Crippen molar-refractivity contribution in [3.8, 4) is 0 Å². The van der Waals surface area contributed by atoms with Crippen LogP contribution in [0.2, 0.25) is 0 Å². The Balaban J connectivity index is 1.47. The number of aromatic nitrogens is 1. The summed E-state index contributed by atoms with van der Waals surface area (Å²) < 4.78 is 0. The van der Waals surface area contributed by atoms with Crippen molar-refractivity contribution in [2.75, 3.05) is 5.32 Å². The molecule has 0 aliphatic heterocycles. The molecule has 148 valence electrons. The van der Waals surface area contributed by atoms with Crippen LogP contribution in [0.15, 0.2) is 85.1 Å². The zero-order valence-electron chi connectivity index (χ0n) is 16.6. The van der Waals surface area contributed by atoms with Gasteiger partial charge in [-0.3, -0.25) is 14.6 Å². The van der Waals surface area contributed by atoms with Crippen molar-refractivity contribution in [3.63, 3.8) is 0 Å². The standard InChI is InChI=1S/C25H21N3O2/c1-17-10-12-18(13-11-17)16-27-24(29)20-6-2-7-21(15-20)25(30)28-22-9-3-5-19-8-4-14-26-23(19)22/h2-15H,16H2,1H3,(H,27,29)(H,28,30). The molecule has 4 rings (SSSR count). The lowest BCUT2D eigenvalue weighted by molar-refractivity contribution is 0.0951. The summed E-state index contributed by atoms with van der Waals surface area (Å²) in [6.07, 6.45) is 1.69. The number of nitrogens with one attached hydrogen (secondary N) is 2. The number of hydrogen-bond acceptors (Lipinski definition) is 3. The molecule has 0 radical (unpaired) electrons. The number of hydrogen-bond donors (Lipinski definition) is 2. The highest BCUT2D eigenvalue weighted by atomic mass is 16.2. The molecular weight excluding hydrogens is 374 g/mol. The number of carbonyl (C=O) groups excluding carboxylic acids is 2. The van der Waals surface area contributed by atoms with Gasteiger partial charge < -0.3 is 10.6 Å². The summed E-state index contributed by atoms with van der Waals surface area (Å²) in [5, 5.41) is 6.74. The fraction of sp³-hybridized carbons (Fsp3) is 0.0800. The third-order valence-corrected chi connectivity index (χ3v) is 4.84. The van der Waals surface area contributed by atoms with E-state index in [1.807, 2.05) is 61.5 Å². The molecule has 5 nitrogen and oxygen atoms in total. The molecule has 0 bridgehead atoms. The first-order valence-electron chi connectivity index (χ1n) is 9.69. The highest BCUT2D eigenvalue weighted by molar-refractivity contribution is 6.09. The van der Waals surface area contributed by atoms with Gasteiger partial charge in [-0.2, -0.15) is 0 Å². The van der Waals surface area contributed by atoms with Crippen LogP contribution in [0.4, 0.5) is 5.69 Å². The zero-order chi connectivity index (χ0) is 20.9. The second-order valence-electron chi connectivity index (χ2n) is 7.08. The molecule has 30 heavy (non-hydrogen) atoms. The van der Waals surface area contributed by atoms with Gasteiger partial charge in [0.1, 0.15) is 0 Å². The first kappa shape index (κ1) is 19.3. The van der Waals surface area contributed by atoms with Crippen molar-refractivity contribution in [1.82, 2.24) is 10.3 Å². The van der Waals surface area contributed by atoms with Gasteiger partial charge in [-0.15, -0.1) is 0 Å². The normalized spacial score (nSPS) is 10.6. The van der Waals surface area contributed by atoms with E-state index in [-0.39, 0.29) is 11.8 Å². The zero-order valence-corrected chi connectivity index (χ0v) is 16.6. The highest BCUT2D eigenvalue weighted by Gasteiger charge is 2.12. The quantitative estimate of drug-likeness (QED) is 0.513. The summed E-state index contributed by atoms with van der Waals surface area (Å²) in [7, 11) is 0. The lowest BCUT2D eigenvalue weighted by Gasteiger charge is -2.10. The molecule has 4 aromatic rings. The Labute approximate surface area is 174 Å². The summed E-state index contributed by atoms with van der Waals surface area (Å²) in [6, 6.07) is 24.1. The topological polar surface area (TPSA) is 71.1 Å². The second kappa shape index (κ2) is 8.57. The fourth-order valence-electron chi connectivity index (χ4n) is 3.19. The van der Waals surface area contributed by atoms with Crippen molar-refractivity contribution >= 4 is 28.4 Å². The SMILES string of the molecule is Cc1ccc(CNC(=O)c2cccc(C(=O)Nc3cccc4cccnc34)c2)cc1. The predicted octanol–water partition coefficient (Wildman–Crippen LogP) is 4.73. The van der Waals surface area contributed by atoms with Crippen molar-refractivity contribution in [3.05, 3.63) is 107 Å². The van der Waals surface area contributed by atoms with Crippen LogP contribution < -0.4 is 10.6 Å². The predicted molar refractivity (Wildman–Crippen MR) is 118 cm³/mol. The van der Waals surface area contributed by atoms with Crippen LogP contribution in [0.25, 0.3) is 10.9 Å². The molecule has 1 heterocycles. The van der Waals surface area contributed by atoms with E-state index in [2.05, 4.69) is 15.6 Å². The average Bonchev–Trinajstić information content (AvgIpc) is 2.79. The number of anilines is 1. The monoisotopic (exact) mass is 395 g/mol. The number of aryl methyl sites for hydroxylation is 1. The van der Waals surface area contributed by atoms with Crippen molar-refractivity contribution in [2.45, 2.75) is 13.5 Å². The minimum atomic E-state index is -0.290. The minimum Gasteiger partial charge on any atom is -0.348 e. The Hall–Kier alpha value is -3.99. The summed E-state index contributed by atoms with van der Waals surface area (Å²) in [5.41, 5.74) is 4.39. The van der Waals surface area contributed by atoms with Crippen LogP contribution in [0, 0.1) is 6.92 Å². The number of nitrogens with zero attached hydrogens (tertiary/aromatic N) is 1. The van der Waals surface area contributed by atoms with Gasteiger partial charge in [0.2, 0.25) is 0 Å². The van der Waals surface area contributed by atoms with E-state index in [0.717, 1.165) is 16.5 Å². The van der Waals surface area contributed by atoms with Crippen LogP contribution in [-0.2, 0) is 6.54 Å². The summed E-state index contributed by atoms with van der Waals surface area (Å²) in [4.78, 5) is 29.7. The number of para-hydroxylation sites is 1. The molecule has 0 fully saturated rings. The Kier molecular flexibility index (Phi) is 5.52. The van der Waals surface area contributed by atoms with E-state index in [1.165, 1.54) is 5.56 Å². The Morgan fingerprint density at radius 2 is 1.53 bits per heavy atom. The summed E-state index contributed by atoms with van der Waals surface area (Å²) in [6.45, 7) is 2.45. The van der Waals surface area contributed by atoms with E-state index in [4.69, 9.17) is 0 Å². The second-order valence-corrected chi connectivity index (χ2v) is 7.08. The lowest BCUT2D eigenvalue weighted by Crippen LogP contribution is -2.23. The van der Waals surface area contributed by atoms with Gasteiger partial charge in [0.25, 0.3) is 11.8 Å². The molecule has 0 saturated carbocycles. The largest absolute Gasteiger partial charge is 0.348 e. The number of fused-ring (bicyclic) bond motifs is 1. The van der Waals surface area contributed by atoms with Gasteiger partial charge in [-0.05, 0) is 42.8 Å². The van der Waals surface area contributed by atoms with Crippen LogP contribution >= 0.6 is 0 Å². The van der Waals surface area contributed by atoms with E-state index in [0.29, 0.717) is 23.4 Å². The summed E-state index contributed by atoms with van der Waals surface area (Å²) >= 11 is 0. The molecular formula is C25H21N3O2. The molecule has 0 atom stereocenters. The number of pyridine rings is 1. The Morgan fingerprint density at radius 3 is 2.33 bits per heavy atom. The first-order valence-corrected chi connectivity index (χ1v) is 9.69. The molecule has 0 unspecified atom stereocenters. The maximum atomic E-state index is 12.8. The molecule has 1 aromatic heterocycles. The van der Waals surface area contributed by atoms with E-state index in [1.54, 1.807) is 30.5 Å². The van der Waals surface area contributed by atoms with Gasteiger partial charge >= 0.3 is 0 Å². The molecule has 0 aliphatic carbocycles. The molecule has 2 amide bonds. The molecule has 3 aromatic carbocycles. The fourth-order valence-corrected chi connectivity index (χ4v) is 3.19. The maximum absolute atomic E-state index is 12.8. The molecule has 5 heteroatoms. The number of amides is 2. The van der Waals surface area contributed by atoms with Gasteiger partial charge in [0, 0.05) is 29.3 Å². The van der Waals surface area contributed by atoms with Crippen LogP contribution in [-0.4, -0.2) is 16.8 Å². The minimum absolute atomic E-state index is 0.225. The van der Waals surface area contributed by atoms with Gasteiger partial charge in [-0.25, -0.2) is 0 Å². The van der Waals surface area contributed by atoms with Gasteiger partial charge in [0.05, 0.1) is 11.2 Å². The van der Waals surface area contributed by atoms with Crippen molar-refractivity contribution in [1.29, 1.82) is 0 Å². The van der Waals surface area contributed by atoms with Crippen molar-refractivity contribution in [2.24, 2.45) is 0 Å². The molecule has 0 spiro atoms. The van der Waals surface area contributed by atoms with Gasteiger partial charge in [-0.1, -0.05) is 54.1 Å². The molecule has 0 aliphatic rings. The lowest BCUT2D eigenvalue weighted by atomic mass is 10.1. The number of carbonyl (C=O) groups is 2. The van der Waals surface area contributed by atoms with Crippen molar-refractivity contribution < 1.29 is 9.59 Å². The number of rotatable bonds is 5. The maximum Gasteiger partial charge on any atom is 0.255 e. The van der Waals surface area contributed by atoms with E-state index >= 15 is 0 Å². The van der Waals surface area contributed by atoms with Gasteiger partial charge in [0.15, 0.2) is 0 Å². The average molecular weight is 395 g/mol. The Morgan fingerprint density at radius 1 is 0.833 bits per heavy atom. The highest BCUT2D eigenvalue weighted by Crippen LogP contribution is 2.21. The number of benzene rings is 3. The Bertz CT molecular complexity index is 1210.